The fraction of sp³-hybridized carbons (Fsp3) is 0.188. The molecule has 2 aromatic carbocycles. The van der Waals surface area contributed by atoms with Crippen LogP contribution in [0.1, 0.15) is 32.6 Å². The van der Waals surface area contributed by atoms with Crippen molar-refractivity contribution in [2.24, 2.45) is 0 Å². The van der Waals surface area contributed by atoms with Crippen molar-refractivity contribution in [2.45, 2.75) is 20.8 Å². The first-order valence-corrected chi connectivity index (χ1v) is 7.30. The maximum atomic E-state index is 12.6. The van der Waals surface area contributed by atoms with Crippen molar-refractivity contribution < 1.29 is 13.9 Å². The Kier molecular flexibility index (Phi) is 6.89. The molecule has 1 unspecified atom stereocenters. The molecule has 0 aliphatic rings. The molecular formula is C16H18NaO3P. The van der Waals surface area contributed by atoms with Gasteiger partial charge >= 0.3 is 29.6 Å². The molecule has 0 saturated carbocycles. The number of hydrogen-bond acceptors (Lipinski definition) is 3. The van der Waals surface area contributed by atoms with Crippen LogP contribution in [0.2, 0.25) is 0 Å². The van der Waals surface area contributed by atoms with Gasteiger partial charge < -0.3 is 4.52 Å². The molecule has 0 spiro atoms. The fourth-order valence-corrected chi connectivity index (χ4v) is 2.69. The second-order valence-corrected chi connectivity index (χ2v) is 5.27. The molecule has 0 heterocycles. The van der Waals surface area contributed by atoms with Gasteiger partial charge in [0.25, 0.3) is 0 Å². The van der Waals surface area contributed by atoms with Gasteiger partial charge in [0.05, 0.1) is 0 Å². The summed E-state index contributed by atoms with van der Waals surface area (Å²) in [4.78, 5) is 12.6. The Hall–Kier alpha value is -0.860. The second kappa shape index (κ2) is 7.95. The van der Waals surface area contributed by atoms with Gasteiger partial charge in [-0.05, 0) is 56.2 Å². The van der Waals surface area contributed by atoms with Gasteiger partial charge in [-0.2, -0.15) is 0 Å². The molecule has 0 radical (unpaired) electrons. The molecule has 106 valence electrons. The molecule has 1 atom stereocenters. The molecule has 0 N–H and O–H groups in total. The van der Waals surface area contributed by atoms with Crippen LogP contribution in [0.5, 0.6) is 5.75 Å². The molecule has 0 bridgehead atoms. The molecule has 5 heteroatoms. The predicted molar refractivity (Wildman–Crippen MR) is 88.7 cm³/mol. The number of ketones is 1. The Balaban J connectivity index is 0.00000220. The SMILES string of the molecule is Cc1cc(C)c(C(=O)c2ccc(O[PH2]=O)cc2)c(C)c1.[NaH]. The third-order valence-corrected chi connectivity index (χ3v) is 3.57. The van der Waals surface area contributed by atoms with Crippen molar-refractivity contribution >= 4 is 44.0 Å². The van der Waals surface area contributed by atoms with Crippen molar-refractivity contribution in [3.8, 4) is 5.75 Å². The first kappa shape index (κ1) is 18.2. The summed E-state index contributed by atoms with van der Waals surface area (Å²) in [5.74, 6) is 0.518. The number of rotatable bonds is 4. The molecule has 2 aromatic rings. The first-order valence-electron chi connectivity index (χ1n) is 6.36. The number of benzene rings is 2. The van der Waals surface area contributed by atoms with Crippen LogP contribution in [0.25, 0.3) is 0 Å². The number of carbonyl (C=O) groups is 1. The average molecular weight is 312 g/mol. The summed E-state index contributed by atoms with van der Waals surface area (Å²) in [6.07, 6.45) is 0. The number of aryl methyl sites for hydroxylation is 3. The molecule has 0 aromatic heterocycles. The fourth-order valence-electron chi connectivity index (χ4n) is 2.42. The maximum absolute atomic E-state index is 12.6. The normalized spacial score (nSPS) is 10.4. The van der Waals surface area contributed by atoms with Crippen LogP contribution < -0.4 is 4.52 Å². The third kappa shape index (κ3) is 4.31. The van der Waals surface area contributed by atoms with E-state index in [1.54, 1.807) is 24.3 Å². The molecule has 0 fully saturated rings. The van der Waals surface area contributed by atoms with Gasteiger partial charge in [-0.1, -0.05) is 17.7 Å². The number of carbonyl (C=O) groups excluding carboxylic acids is 1. The summed E-state index contributed by atoms with van der Waals surface area (Å²) in [5.41, 5.74) is 4.47. The van der Waals surface area contributed by atoms with E-state index in [1.807, 2.05) is 32.9 Å². The van der Waals surface area contributed by atoms with Gasteiger partial charge in [-0.3, -0.25) is 9.36 Å². The average Bonchev–Trinajstić information content (AvgIpc) is 2.38. The topological polar surface area (TPSA) is 43.4 Å². The first-order chi connectivity index (χ1) is 9.52. The van der Waals surface area contributed by atoms with Gasteiger partial charge in [0.2, 0.25) is 8.69 Å². The predicted octanol–water partition coefficient (Wildman–Crippen LogP) is 3.24. The summed E-state index contributed by atoms with van der Waals surface area (Å²) in [6, 6.07) is 10.8. The van der Waals surface area contributed by atoms with Gasteiger partial charge in [0, 0.05) is 11.1 Å². The van der Waals surface area contributed by atoms with E-state index < -0.39 is 8.69 Å². The standard InChI is InChI=1S/C16H17O3P.Na.H/c1-10-8-11(2)15(12(3)9-10)16(17)13-4-6-14(7-5-13)19-20-18;;/h4-9H,20H2,1-3H3;;. The molecule has 21 heavy (non-hydrogen) atoms. The van der Waals surface area contributed by atoms with Crippen LogP contribution in [0.4, 0.5) is 0 Å². The zero-order valence-corrected chi connectivity index (χ0v) is 12.9. The van der Waals surface area contributed by atoms with Crippen LogP contribution >= 0.6 is 8.69 Å². The molecule has 0 aliphatic heterocycles. The summed E-state index contributed by atoms with van der Waals surface area (Å²) < 4.78 is 15.4. The minimum atomic E-state index is -1.28. The van der Waals surface area contributed by atoms with Crippen molar-refractivity contribution in [2.75, 3.05) is 0 Å². The Bertz CT molecular complexity index is 643. The Labute approximate surface area is 148 Å². The summed E-state index contributed by atoms with van der Waals surface area (Å²) >= 11 is 0. The van der Waals surface area contributed by atoms with Gasteiger partial charge in [0.1, 0.15) is 5.75 Å². The van der Waals surface area contributed by atoms with Crippen LogP contribution in [0.15, 0.2) is 36.4 Å². The van der Waals surface area contributed by atoms with E-state index in [2.05, 4.69) is 0 Å². The summed E-state index contributed by atoms with van der Waals surface area (Å²) in [6.45, 7) is 5.92. The van der Waals surface area contributed by atoms with Crippen molar-refractivity contribution in [3.05, 3.63) is 64.2 Å². The van der Waals surface area contributed by atoms with Crippen molar-refractivity contribution in [1.82, 2.24) is 0 Å². The van der Waals surface area contributed by atoms with Crippen LogP contribution in [0.3, 0.4) is 0 Å². The van der Waals surface area contributed by atoms with Crippen molar-refractivity contribution in [1.29, 1.82) is 0 Å². The quantitative estimate of drug-likeness (QED) is 0.494. The van der Waals surface area contributed by atoms with Crippen LogP contribution in [-0.4, -0.2) is 35.3 Å². The van der Waals surface area contributed by atoms with E-state index in [0.29, 0.717) is 11.3 Å². The molecule has 3 nitrogen and oxygen atoms in total. The van der Waals surface area contributed by atoms with Crippen LogP contribution in [-0.2, 0) is 4.57 Å². The summed E-state index contributed by atoms with van der Waals surface area (Å²) in [7, 11) is -1.28. The van der Waals surface area contributed by atoms with E-state index in [4.69, 9.17) is 4.52 Å². The van der Waals surface area contributed by atoms with Gasteiger partial charge in [-0.25, -0.2) is 0 Å². The van der Waals surface area contributed by atoms with E-state index in [1.165, 1.54) is 0 Å². The van der Waals surface area contributed by atoms with Crippen LogP contribution in [0, 0.1) is 20.8 Å². The summed E-state index contributed by atoms with van der Waals surface area (Å²) in [5, 5.41) is 0. The molecule has 2 rings (SSSR count). The molecule has 0 aliphatic carbocycles. The van der Waals surface area contributed by atoms with E-state index in [9.17, 15) is 9.36 Å². The van der Waals surface area contributed by atoms with Crippen molar-refractivity contribution in [3.63, 3.8) is 0 Å². The van der Waals surface area contributed by atoms with E-state index in [0.717, 1.165) is 22.3 Å². The monoisotopic (exact) mass is 312 g/mol. The minimum absolute atomic E-state index is 0. The third-order valence-electron chi connectivity index (χ3n) is 3.20. The zero-order chi connectivity index (χ0) is 14.7. The Morgan fingerprint density at radius 2 is 1.52 bits per heavy atom. The molecular weight excluding hydrogens is 294 g/mol. The molecule has 0 amide bonds. The van der Waals surface area contributed by atoms with E-state index >= 15 is 0 Å². The zero-order valence-electron chi connectivity index (χ0n) is 11.8. The van der Waals surface area contributed by atoms with E-state index in [-0.39, 0.29) is 35.3 Å². The molecule has 0 saturated heterocycles. The van der Waals surface area contributed by atoms with Gasteiger partial charge in [-0.15, -0.1) is 0 Å². The Morgan fingerprint density at radius 1 is 1.00 bits per heavy atom. The Morgan fingerprint density at radius 3 is 2.00 bits per heavy atom. The number of hydrogen-bond donors (Lipinski definition) is 0. The second-order valence-electron chi connectivity index (χ2n) is 4.84. The van der Waals surface area contributed by atoms with Gasteiger partial charge in [0.15, 0.2) is 5.78 Å².